The normalized spacial score (nSPS) is 12.1. The number of aromatic nitrogens is 1. The molecule has 0 aliphatic carbocycles. The van der Waals surface area contributed by atoms with Gasteiger partial charge in [-0.25, -0.2) is 4.98 Å². The van der Waals surface area contributed by atoms with E-state index in [-0.39, 0.29) is 28.7 Å². The molecule has 0 spiro atoms. The molecule has 0 fully saturated rings. The Labute approximate surface area is 165 Å². The van der Waals surface area contributed by atoms with Crippen LogP contribution in [0.5, 0.6) is 0 Å². The molecule has 158 valence electrons. The van der Waals surface area contributed by atoms with Crippen LogP contribution in [0.25, 0.3) is 10.9 Å². The monoisotopic (exact) mass is 438 g/mol. The number of fused-ring (bicyclic) bond motifs is 1. The molecular formula is C16H16F6N6S. The molecule has 0 aliphatic heterocycles. The number of aliphatic imine (C=N–C) groups is 1. The first-order valence-corrected chi connectivity index (χ1v) is 9.01. The largest absolute Gasteiger partial charge is 0.433 e. The topological polar surface area (TPSA) is 113 Å². The van der Waals surface area contributed by atoms with E-state index in [2.05, 4.69) is 15.3 Å². The highest BCUT2D eigenvalue weighted by atomic mass is 32.2. The maximum Gasteiger partial charge on any atom is 0.433 e. The van der Waals surface area contributed by atoms with E-state index in [0.29, 0.717) is 24.3 Å². The van der Waals surface area contributed by atoms with Gasteiger partial charge >= 0.3 is 12.4 Å². The molecule has 6 nitrogen and oxygen atoms in total. The van der Waals surface area contributed by atoms with Crippen molar-refractivity contribution in [2.24, 2.45) is 16.5 Å². The predicted molar refractivity (Wildman–Crippen MR) is 101 cm³/mol. The number of amidine groups is 1. The van der Waals surface area contributed by atoms with Crippen LogP contribution < -0.4 is 16.8 Å². The first kappa shape index (κ1) is 22.6. The smallest absolute Gasteiger partial charge is 0.384 e. The number of alkyl halides is 6. The summed E-state index contributed by atoms with van der Waals surface area (Å²) in [7, 11) is 0. The van der Waals surface area contributed by atoms with Crippen molar-refractivity contribution in [1.29, 1.82) is 5.41 Å². The molecule has 0 saturated heterocycles. The molecule has 0 atom stereocenters. The molecule has 0 radical (unpaired) electrons. The van der Waals surface area contributed by atoms with Gasteiger partial charge in [-0.1, -0.05) is 23.9 Å². The second kappa shape index (κ2) is 8.76. The van der Waals surface area contributed by atoms with Crippen LogP contribution in [-0.2, 0) is 12.4 Å². The van der Waals surface area contributed by atoms with Gasteiger partial charge < -0.3 is 16.8 Å². The van der Waals surface area contributed by atoms with Crippen molar-refractivity contribution in [3.05, 3.63) is 35.5 Å². The highest BCUT2D eigenvalue weighted by molar-refractivity contribution is 8.13. The molecule has 0 bridgehead atoms. The lowest BCUT2D eigenvalue weighted by Gasteiger charge is -2.16. The average molecular weight is 438 g/mol. The Kier molecular flexibility index (Phi) is 6.82. The van der Waals surface area contributed by atoms with Gasteiger partial charge in [-0.3, -0.25) is 5.41 Å². The number of halogens is 6. The molecule has 1 heterocycles. The molecule has 2 rings (SSSR count). The highest BCUT2D eigenvalue weighted by Crippen LogP contribution is 2.39. The Morgan fingerprint density at radius 2 is 1.83 bits per heavy atom. The maximum absolute atomic E-state index is 13.2. The van der Waals surface area contributed by atoms with Gasteiger partial charge in [0.05, 0.1) is 11.1 Å². The van der Waals surface area contributed by atoms with Crippen LogP contribution in [0, 0.1) is 5.41 Å². The maximum atomic E-state index is 13.2. The second-order valence-corrected chi connectivity index (χ2v) is 6.81. The van der Waals surface area contributed by atoms with Gasteiger partial charge in [0.2, 0.25) is 0 Å². The number of hydrogen-bond donors (Lipinski definition) is 4. The zero-order chi connectivity index (χ0) is 21.8. The highest BCUT2D eigenvalue weighted by Gasteiger charge is 2.37. The van der Waals surface area contributed by atoms with Crippen molar-refractivity contribution < 1.29 is 26.3 Å². The Morgan fingerprint density at radius 3 is 2.41 bits per heavy atom. The third kappa shape index (κ3) is 6.14. The lowest BCUT2D eigenvalue weighted by molar-refractivity contribution is -0.142. The lowest BCUT2D eigenvalue weighted by Crippen LogP contribution is -2.23. The number of para-hydroxylation sites is 1. The summed E-state index contributed by atoms with van der Waals surface area (Å²) in [5, 5.41) is 9.97. The van der Waals surface area contributed by atoms with Crippen LogP contribution in [0.3, 0.4) is 0 Å². The minimum absolute atomic E-state index is 0.0753. The number of guanidine groups is 1. The number of thioether (sulfide) groups is 1. The molecule has 1 aromatic heterocycles. The van der Waals surface area contributed by atoms with Crippen LogP contribution in [-0.4, -0.2) is 28.4 Å². The van der Waals surface area contributed by atoms with Crippen molar-refractivity contribution in [1.82, 2.24) is 4.98 Å². The SMILES string of the molecule is N=C(N=C(N)N)SCCCNc1cc(C(F)(F)F)nc2c(C(F)(F)F)cccc12. The van der Waals surface area contributed by atoms with E-state index in [1.54, 1.807) is 0 Å². The van der Waals surface area contributed by atoms with Crippen LogP contribution in [0.15, 0.2) is 29.3 Å². The molecule has 2 aromatic rings. The number of rotatable bonds is 5. The van der Waals surface area contributed by atoms with Crippen LogP contribution in [0.2, 0.25) is 0 Å². The number of nitrogens with two attached hydrogens (primary N) is 2. The van der Waals surface area contributed by atoms with E-state index in [4.69, 9.17) is 16.9 Å². The van der Waals surface area contributed by atoms with Crippen LogP contribution >= 0.6 is 11.8 Å². The van der Waals surface area contributed by atoms with Crippen molar-refractivity contribution in [2.45, 2.75) is 18.8 Å². The van der Waals surface area contributed by atoms with E-state index in [1.807, 2.05) is 0 Å². The molecule has 0 aliphatic rings. The number of anilines is 1. The third-order valence-corrected chi connectivity index (χ3v) is 4.40. The number of nitrogens with zero attached hydrogens (tertiary/aromatic N) is 2. The van der Waals surface area contributed by atoms with E-state index in [1.165, 1.54) is 6.07 Å². The van der Waals surface area contributed by atoms with Gasteiger partial charge in [-0.05, 0) is 18.6 Å². The number of benzene rings is 1. The van der Waals surface area contributed by atoms with Gasteiger partial charge in [-0.2, -0.15) is 31.3 Å². The molecule has 29 heavy (non-hydrogen) atoms. The number of pyridine rings is 1. The fraction of sp³-hybridized carbons (Fsp3) is 0.312. The Morgan fingerprint density at radius 1 is 1.14 bits per heavy atom. The van der Waals surface area contributed by atoms with Crippen LogP contribution in [0.4, 0.5) is 32.0 Å². The zero-order valence-electron chi connectivity index (χ0n) is 14.7. The number of nitrogens with one attached hydrogen (secondary N) is 2. The van der Waals surface area contributed by atoms with E-state index in [0.717, 1.165) is 17.8 Å². The summed E-state index contributed by atoms with van der Waals surface area (Å²) in [4.78, 5) is 6.72. The summed E-state index contributed by atoms with van der Waals surface area (Å²) in [5.74, 6) is 0.0926. The quantitative estimate of drug-likeness (QED) is 0.244. The van der Waals surface area contributed by atoms with Gasteiger partial charge in [0.1, 0.15) is 5.69 Å². The summed E-state index contributed by atoms with van der Waals surface area (Å²) >= 11 is 1.01. The van der Waals surface area contributed by atoms with Crippen molar-refractivity contribution >= 4 is 39.5 Å². The average Bonchev–Trinajstić information content (AvgIpc) is 2.58. The van der Waals surface area contributed by atoms with Gasteiger partial charge in [0.15, 0.2) is 11.1 Å². The molecule has 0 amide bonds. The summed E-state index contributed by atoms with van der Waals surface area (Å²) in [6.07, 6.45) is -9.37. The number of hydrogen-bond acceptors (Lipinski definition) is 4. The first-order valence-electron chi connectivity index (χ1n) is 8.02. The minimum atomic E-state index is -4.91. The second-order valence-electron chi connectivity index (χ2n) is 5.72. The molecule has 1 aromatic carbocycles. The van der Waals surface area contributed by atoms with Crippen LogP contribution in [0.1, 0.15) is 17.7 Å². The van der Waals surface area contributed by atoms with Crippen molar-refractivity contribution in [2.75, 3.05) is 17.6 Å². The Balaban J connectivity index is 2.26. The fourth-order valence-corrected chi connectivity index (χ4v) is 3.03. The Hall–Kier alpha value is -2.70. The predicted octanol–water partition coefficient (Wildman–Crippen LogP) is 4.02. The third-order valence-electron chi connectivity index (χ3n) is 3.54. The fourth-order valence-electron chi connectivity index (χ4n) is 2.38. The molecular weight excluding hydrogens is 422 g/mol. The van der Waals surface area contributed by atoms with Crippen molar-refractivity contribution in [3.8, 4) is 0 Å². The lowest BCUT2D eigenvalue weighted by atomic mass is 10.1. The standard InChI is InChI=1S/C16H16F6N6S/c17-15(18,19)9-4-1-3-8-10(7-11(16(20,21)22)27-12(8)9)26-5-2-6-29-14(25)28-13(23)24/h1,3-4,7H,2,5-6H2,(H,26,27)(H5,23,24,25,28). The van der Waals surface area contributed by atoms with E-state index >= 15 is 0 Å². The molecule has 6 N–H and O–H groups in total. The van der Waals surface area contributed by atoms with E-state index in [9.17, 15) is 26.3 Å². The van der Waals surface area contributed by atoms with Crippen molar-refractivity contribution in [3.63, 3.8) is 0 Å². The van der Waals surface area contributed by atoms with Gasteiger partial charge in [0.25, 0.3) is 0 Å². The Bertz CT molecular complexity index is 920. The zero-order valence-corrected chi connectivity index (χ0v) is 15.5. The summed E-state index contributed by atoms with van der Waals surface area (Å²) < 4.78 is 79.0. The van der Waals surface area contributed by atoms with Gasteiger partial charge in [-0.15, -0.1) is 0 Å². The van der Waals surface area contributed by atoms with Gasteiger partial charge in [0, 0.05) is 23.4 Å². The minimum Gasteiger partial charge on any atom is -0.384 e. The summed E-state index contributed by atoms with van der Waals surface area (Å²) in [6.45, 7) is 0.148. The molecule has 13 heteroatoms. The first-order chi connectivity index (χ1) is 13.4. The summed E-state index contributed by atoms with van der Waals surface area (Å²) in [6, 6.07) is 3.74. The molecule has 0 unspecified atom stereocenters. The molecule has 0 saturated carbocycles. The van der Waals surface area contributed by atoms with E-state index < -0.39 is 29.1 Å². The summed E-state index contributed by atoms with van der Waals surface area (Å²) in [5.41, 5.74) is 6.70.